The van der Waals surface area contributed by atoms with E-state index in [-0.39, 0.29) is 112 Å². The fourth-order valence-corrected chi connectivity index (χ4v) is 16.7. The van der Waals surface area contributed by atoms with Crippen molar-refractivity contribution in [2.45, 2.75) is 397 Å². The third-order valence-electron chi connectivity index (χ3n) is 24.1. The molecule has 144 heavy (non-hydrogen) atoms. The summed E-state index contributed by atoms with van der Waals surface area (Å²) in [6.07, 6.45) is 28.4. The number of ether oxygens (including phenoxy) is 9. The maximum absolute atomic E-state index is 13.6. The van der Waals surface area contributed by atoms with Crippen LogP contribution in [0.4, 0.5) is 24.0 Å². The van der Waals surface area contributed by atoms with E-state index in [1.807, 2.05) is 18.2 Å². The van der Waals surface area contributed by atoms with Gasteiger partial charge in [-0.1, -0.05) is 81.1 Å². The van der Waals surface area contributed by atoms with Gasteiger partial charge in [0, 0.05) is 49.9 Å². The van der Waals surface area contributed by atoms with Gasteiger partial charge < -0.3 is 102 Å². The van der Waals surface area contributed by atoms with Crippen molar-refractivity contribution < 1.29 is 160 Å². The van der Waals surface area contributed by atoms with E-state index in [1.165, 1.54) is 14.7 Å². The molecule has 0 aromatic heterocycles. The molecule has 42 heteroatoms. The smallest absolute Gasteiger partial charge is 1.00 e. The Bertz CT molecular complexity index is 4320. The van der Waals surface area contributed by atoms with Crippen molar-refractivity contribution in [1.29, 1.82) is 0 Å². The molecule has 8 fully saturated rings. The van der Waals surface area contributed by atoms with E-state index in [9.17, 15) is 76.7 Å². The average molecular weight is 2060 g/mol. The van der Waals surface area contributed by atoms with E-state index in [0.29, 0.717) is 123 Å². The number of esters is 4. The van der Waals surface area contributed by atoms with Gasteiger partial charge in [-0.25, -0.2) is 47.9 Å². The second-order valence-corrected chi connectivity index (χ2v) is 41.5. The molecule has 0 aromatic carbocycles. The number of carbonyl (C=O) groups is 16. The maximum atomic E-state index is 13.6. The Kier molecular flexibility index (Phi) is 56.1. The Morgan fingerprint density at radius 1 is 0.486 bits per heavy atom. The van der Waals surface area contributed by atoms with Gasteiger partial charge in [-0.3, -0.25) is 49.1 Å². The number of carboxylic acids is 2. The molecule has 0 radical (unpaired) electrons. The third-order valence-corrected chi connectivity index (χ3v) is 24.1. The number of allylic oxidation sites excluding steroid dienone is 3. The summed E-state index contributed by atoms with van der Waals surface area (Å²) in [4.78, 5) is 203. The molecule has 9 aliphatic rings. The Balaban J connectivity index is 0.00000177. The van der Waals surface area contributed by atoms with Gasteiger partial charge in [-0.2, -0.15) is 0 Å². The molecule has 0 spiro atoms. The molecule has 9 rings (SSSR count). The van der Waals surface area contributed by atoms with Crippen LogP contribution in [0.5, 0.6) is 0 Å². The number of amides is 10. The molecule has 2 unspecified atom stereocenters. The van der Waals surface area contributed by atoms with Gasteiger partial charge in [0.1, 0.15) is 92.5 Å². The number of hydrogen-bond acceptors (Lipinski definition) is 28. The van der Waals surface area contributed by atoms with Crippen molar-refractivity contribution in [1.82, 2.24) is 51.5 Å². The first-order chi connectivity index (χ1) is 66.4. The first-order valence-corrected chi connectivity index (χ1v) is 49.9. The fourth-order valence-electron chi connectivity index (χ4n) is 16.7. The van der Waals surface area contributed by atoms with Crippen LogP contribution in [0.25, 0.3) is 0 Å². The van der Waals surface area contributed by atoms with Gasteiger partial charge in [0.15, 0.2) is 0 Å². The molecule has 4 saturated heterocycles. The largest absolute Gasteiger partial charge is 1.00 e. The van der Waals surface area contributed by atoms with Crippen LogP contribution >= 0.6 is 12.4 Å². The summed E-state index contributed by atoms with van der Waals surface area (Å²) in [6, 6.07) is -5.23. The Hall–Kier alpha value is -10.3. The van der Waals surface area contributed by atoms with Crippen LogP contribution in [0.3, 0.4) is 0 Å². The van der Waals surface area contributed by atoms with E-state index in [4.69, 9.17) is 69.1 Å². The number of nitrogens with one attached hydrogen (secondary N) is 6. The molecule has 4 saturated carbocycles. The normalized spacial score (nSPS) is 24.8. The van der Waals surface area contributed by atoms with Crippen LogP contribution in [0.2, 0.25) is 0 Å². The first-order valence-electron chi connectivity index (χ1n) is 49.9. The Labute approximate surface area is 870 Å². The van der Waals surface area contributed by atoms with Gasteiger partial charge in [-0.15, -0.1) is 45.3 Å². The number of carbonyl (C=O) groups excluding carboxylic acids is 14. The van der Waals surface area contributed by atoms with Crippen LogP contribution in [0.1, 0.15) is 306 Å². The van der Waals surface area contributed by atoms with E-state index in [0.717, 1.165) is 83.5 Å². The van der Waals surface area contributed by atoms with Gasteiger partial charge >= 0.3 is 85.1 Å². The SMILES string of the molecule is C=CC1C[C@]1(N)C(=O)OCC.C=CC1C[C@]1(NC(=O)[C@@H]1CCCN1C(=O)OC(C)(C)C)C(=O)OCC.C=CCCCCC[C@H](NC(=O)OC(C)(C)C)C(=O)N1CCC[C@H]1C(=O)N[C@]1(C(=O)OCC)C[C@H]1C=C.C=CCCCCC[C@H](NC(=O)OC(C)(C)C)C(=O)O.CC(C)(C)OC(=O)N1CCC[C@H]1C(=O)O.CCOC(=O)[C@@]12C[C@H]1/C=C\CCCCC[C@H](NC(=O)OC(C)(C)C)C(=O)N1CCC[C@H]1C(=O)N2.Cl.OO.[H-].[Li+]. The summed E-state index contributed by atoms with van der Waals surface area (Å²) in [6.45, 7) is 54.6. The predicted molar refractivity (Wildman–Crippen MR) is 538 cm³/mol. The quantitative estimate of drug-likeness (QED) is 0.00553. The van der Waals surface area contributed by atoms with Crippen molar-refractivity contribution in [3.63, 3.8) is 0 Å². The van der Waals surface area contributed by atoms with Crippen molar-refractivity contribution in [3.05, 3.63) is 75.4 Å². The number of carboxylic acid groups (broad SMARTS) is 2. The molecule has 4 aliphatic carbocycles. The molecule has 12 N–H and O–H groups in total. The standard InChI is InChI=1S/C27H43N3O6.C25H39N3O6.C18H28N2O5.C14H25NO4.C10H17NO4.C8H13NO2.ClH.Li.H2O2.H/c1-7-10-11-12-13-15-20(28-25(34)36-26(4,5)6)23(32)30-17-14-16-21(30)22(31)29-27(18-19(27)8-2)24(33)35-9-3;1-5-33-22(31)25-16-17(25)12-9-7-6-8-10-13-18(26-23(32)34-24(2,3)4)21(30)28-15-11-14-19(28)20(29)27-25;1-6-12-11-18(12,15(22)24-7-2)19-14(21)13-9-8-10-20(13)16(23)25-17(3,4)5;1-5-6-7-8-9-10-11(12(16)17)15-13(18)19-14(2,3)4;1-10(2,3)15-9(14)11-6-4-5-7(11)8(12)13;1-3-6-5-8(6,9)7(10)11-4-2;;;1-2;/h7-8,19-21H,1-2,9-18H2,3-6H3,(H,28,34)(H,29,31);9,12,17-19H,5-8,10-11,13-16H2,1-4H3,(H,26,32)(H,27,29);6,12-13H,1,7-11H2,2-5H3,(H,19,21);5,11H,1,6-10H2,2-4H3,(H,15,18)(H,16,17);7H,4-6H2,1-3H3,(H,12,13);3,6H,1,4-5,9H2,2H3;1H;;1-2H;/q;;;;;;;+1;;-1/b;12-9-;;;;;;;;/t19-,20+,21+,27-;17-,18+,19+,25-;12?,13-,18+;11-;7-;6?,8-;;;;/m110001..../s1. The van der Waals surface area contributed by atoms with Gasteiger partial charge in [0.2, 0.25) is 29.5 Å². The van der Waals surface area contributed by atoms with Crippen molar-refractivity contribution in [3.8, 4) is 0 Å². The monoisotopic (exact) mass is 2050 g/mol. The zero-order valence-electron chi connectivity index (χ0n) is 89.9. The summed E-state index contributed by atoms with van der Waals surface area (Å²) in [7, 11) is 0. The molecule has 814 valence electrons. The molecular weight excluding hydrogens is 1890 g/mol. The van der Waals surface area contributed by atoms with Crippen molar-refractivity contribution in [2.24, 2.45) is 29.4 Å². The first kappa shape index (κ1) is 132. The second-order valence-electron chi connectivity index (χ2n) is 41.5. The molecule has 10 amide bonds. The minimum Gasteiger partial charge on any atom is -1.00 e. The summed E-state index contributed by atoms with van der Waals surface area (Å²) in [5.41, 5.74) is -1.51. The summed E-state index contributed by atoms with van der Waals surface area (Å²) >= 11 is 0. The number of aliphatic carboxylic acids is 2. The number of hydrogen-bond donors (Lipinski definition) is 11. The number of unbranched alkanes of at least 4 members (excludes halogenated alkanes) is 6. The molecule has 40 nitrogen and oxygen atoms in total. The zero-order chi connectivity index (χ0) is 108. The minimum atomic E-state index is -1.12. The van der Waals surface area contributed by atoms with Crippen LogP contribution in [0, 0.1) is 23.7 Å². The van der Waals surface area contributed by atoms with Gasteiger partial charge in [0.05, 0.1) is 26.4 Å². The number of rotatable bonds is 33. The fraction of sp³-hybridized carbons (Fsp3) is 0.725. The number of alkyl carbamates (subject to hydrolysis) is 3. The molecule has 5 aliphatic heterocycles. The Morgan fingerprint density at radius 2 is 0.889 bits per heavy atom. The third kappa shape index (κ3) is 43.4. The molecule has 0 aromatic rings. The number of fused-ring (bicyclic) bond motifs is 2. The maximum Gasteiger partial charge on any atom is 1.00 e. The van der Waals surface area contributed by atoms with Crippen LogP contribution in [0.15, 0.2) is 75.4 Å². The second kappa shape index (κ2) is 61.4. The minimum absolute atomic E-state index is 0. The molecular formula is C102H169ClLiN11O29. The summed E-state index contributed by atoms with van der Waals surface area (Å²) in [5.74, 6) is -5.68. The van der Waals surface area contributed by atoms with Crippen LogP contribution in [-0.4, -0.2) is 281 Å². The van der Waals surface area contributed by atoms with Crippen molar-refractivity contribution in [2.75, 3.05) is 52.6 Å². The molecule has 0 bridgehead atoms. The van der Waals surface area contributed by atoms with E-state index >= 15 is 0 Å². The van der Waals surface area contributed by atoms with E-state index in [1.54, 1.807) is 155 Å². The van der Waals surface area contributed by atoms with Crippen molar-refractivity contribution >= 4 is 108 Å². The predicted octanol–water partition coefficient (Wildman–Crippen LogP) is 11.1. The summed E-state index contributed by atoms with van der Waals surface area (Å²) in [5, 5.41) is 46.3. The van der Waals surface area contributed by atoms with E-state index < -0.39 is 153 Å². The summed E-state index contributed by atoms with van der Waals surface area (Å²) < 4.78 is 46.6. The topological polar surface area (TPSA) is 548 Å². The molecule has 5 heterocycles. The van der Waals surface area contributed by atoms with Crippen LogP contribution in [-0.2, 0) is 95.4 Å². The van der Waals surface area contributed by atoms with Gasteiger partial charge in [0.25, 0.3) is 0 Å². The number of halogens is 1. The van der Waals surface area contributed by atoms with Gasteiger partial charge in [-0.05, 0) is 266 Å². The Morgan fingerprint density at radius 3 is 1.31 bits per heavy atom. The number of nitrogens with zero attached hydrogens (tertiary/aromatic N) is 4. The zero-order valence-corrected chi connectivity index (χ0v) is 89.8. The number of likely N-dealkylation sites (tertiary alicyclic amines) is 3. The average Bonchev–Trinajstić information content (AvgIpc) is 1.59. The molecule has 15 atom stereocenters. The van der Waals surface area contributed by atoms with Crippen LogP contribution < -0.4 is 56.5 Å². The van der Waals surface area contributed by atoms with E-state index in [2.05, 4.69) is 70.9 Å². The number of nitrogens with two attached hydrogens (primary N) is 1.